The number of benzene rings is 1. The number of likely N-dealkylation sites (N-methyl/N-ethyl adjacent to an activating group) is 1. The molecule has 3 heteroatoms. The summed E-state index contributed by atoms with van der Waals surface area (Å²) in [6.45, 7) is 8.46. The molecule has 106 valence electrons. The van der Waals surface area contributed by atoms with E-state index in [1.165, 1.54) is 24.1 Å². The van der Waals surface area contributed by atoms with Crippen LogP contribution in [0.25, 0.3) is 0 Å². The summed E-state index contributed by atoms with van der Waals surface area (Å²) >= 11 is 0. The first-order chi connectivity index (χ1) is 9.24. The SMILES string of the molecule is CCCN1CCOC(C(NC)c2ccc(C)cc2)C1. The monoisotopic (exact) mass is 262 g/mol. The minimum Gasteiger partial charge on any atom is -0.374 e. The third kappa shape index (κ3) is 3.78. The van der Waals surface area contributed by atoms with Gasteiger partial charge in [0.2, 0.25) is 0 Å². The first-order valence-electron chi connectivity index (χ1n) is 7.32. The van der Waals surface area contributed by atoms with Crippen molar-refractivity contribution < 1.29 is 4.74 Å². The van der Waals surface area contributed by atoms with E-state index in [9.17, 15) is 0 Å². The smallest absolute Gasteiger partial charge is 0.0896 e. The van der Waals surface area contributed by atoms with Crippen molar-refractivity contribution in [3.63, 3.8) is 0 Å². The van der Waals surface area contributed by atoms with Crippen LogP contribution in [0.2, 0.25) is 0 Å². The Morgan fingerprint density at radius 2 is 2.11 bits per heavy atom. The topological polar surface area (TPSA) is 24.5 Å². The summed E-state index contributed by atoms with van der Waals surface area (Å²) in [5.41, 5.74) is 2.62. The van der Waals surface area contributed by atoms with E-state index < -0.39 is 0 Å². The lowest BCUT2D eigenvalue weighted by atomic mass is 9.99. The van der Waals surface area contributed by atoms with Gasteiger partial charge in [-0.05, 0) is 32.5 Å². The number of hydrogen-bond acceptors (Lipinski definition) is 3. The molecule has 1 saturated heterocycles. The highest BCUT2D eigenvalue weighted by Gasteiger charge is 2.27. The third-order valence-corrected chi connectivity index (χ3v) is 3.84. The molecule has 2 rings (SSSR count). The highest BCUT2D eigenvalue weighted by Crippen LogP contribution is 2.22. The van der Waals surface area contributed by atoms with Crippen molar-refractivity contribution >= 4 is 0 Å². The summed E-state index contributed by atoms with van der Waals surface area (Å²) in [5.74, 6) is 0. The van der Waals surface area contributed by atoms with Crippen LogP contribution in [0.1, 0.15) is 30.5 Å². The fourth-order valence-corrected chi connectivity index (χ4v) is 2.79. The zero-order valence-corrected chi connectivity index (χ0v) is 12.4. The van der Waals surface area contributed by atoms with Gasteiger partial charge in [-0.1, -0.05) is 36.8 Å². The van der Waals surface area contributed by atoms with Crippen molar-refractivity contribution in [2.24, 2.45) is 0 Å². The number of nitrogens with one attached hydrogen (secondary N) is 1. The van der Waals surface area contributed by atoms with Crippen molar-refractivity contribution in [1.82, 2.24) is 10.2 Å². The standard InChI is InChI=1S/C16H26N2O/c1-4-9-18-10-11-19-15(12-18)16(17-3)14-7-5-13(2)6-8-14/h5-8,15-17H,4,9-12H2,1-3H3. The Morgan fingerprint density at radius 3 is 2.74 bits per heavy atom. The van der Waals surface area contributed by atoms with E-state index in [1.807, 2.05) is 7.05 Å². The van der Waals surface area contributed by atoms with Crippen molar-refractivity contribution in [3.8, 4) is 0 Å². The van der Waals surface area contributed by atoms with E-state index in [0.29, 0.717) is 0 Å². The van der Waals surface area contributed by atoms with E-state index in [1.54, 1.807) is 0 Å². The Morgan fingerprint density at radius 1 is 1.37 bits per heavy atom. The number of hydrogen-bond donors (Lipinski definition) is 1. The van der Waals surface area contributed by atoms with E-state index in [0.717, 1.165) is 19.7 Å². The predicted octanol–water partition coefficient (Wildman–Crippen LogP) is 2.37. The van der Waals surface area contributed by atoms with Crippen molar-refractivity contribution in [3.05, 3.63) is 35.4 Å². The average Bonchev–Trinajstić information content (AvgIpc) is 2.43. The maximum absolute atomic E-state index is 5.99. The molecule has 2 unspecified atom stereocenters. The van der Waals surface area contributed by atoms with Crippen molar-refractivity contribution in [1.29, 1.82) is 0 Å². The van der Waals surface area contributed by atoms with E-state index >= 15 is 0 Å². The summed E-state index contributed by atoms with van der Waals surface area (Å²) in [7, 11) is 2.02. The van der Waals surface area contributed by atoms with Gasteiger partial charge in [-0.15, -0.1) is 0 Å². The van der Waals surface area contributed by atoms with Gasteiger partial charge >= 0.3 is 0 Å². The van der Waals surface area contributed by atoms with Crippen LogP contribution in [0.15, 0.2) is 24.3 Å². The van der Waals surface area contributed by atoms with E-state index in [4.69, 9.17) is 4.74 Å². The second-order valence-corrected chi connectivity index (χ2v) is 5.39. The molecular weight excluding hydrogens is 236 g/mol. The molecule has 0 aliphatic carbocycles. The largest absolute Gasteiger partial charge is 0.374 e. The van der Waals surface area contributed by atoms with Crippen LogP contribution in [0.5, 0.6) is 0 Å². The number of aryl methyl sites for hydroxylation is 1. The van der Waals surface area contributed by atoms with Gasteiger partial charge in [0.05, 0.1) is 18.8 Å². The maximum Gasteiger partial charge on any atom is 0.0896 e. The van der Waals surface area contributed by atoms with Crippen LogP contribution < -0.4 is 5.32 Å². The number of nitrogens with zero attached hydrogens (tertiary/aromatic N) is 1. The lowest BCUT2D eigenvalue weighted by molar-refractivity contribution is -0.0459. The van der Waals surface area contributed by atoms with Gasteiger partial charge in [-0.2, -0.15) is 0 Å². The van der Waals surface area contributed by atoms with Crippen molar-refractivity contribution in [2.75, 3.05) is 33.3 Å². The molecular formula is C16H26N2O. The fourth-order valence-electron chi connectivity index (χ4n) is 2.79. The van der Waals surface area contributed by atoms with Crippen LogP contribution in [0, 0.1) is 6.92 Å². The minimum absolute atomic E-state index is 0.244. The molecule has 0 saturated carbocycles. The first-order valence-corrected chi connectivity index (χ1v) is 7.32. The van der Waals surface area contributed by atoms with E-state index in [-0.39, 0.29) is 12.1 Å². The zero-order valence-electron chi connectivity index (χ0n) is 12.4. The molecule has 1 aliphatic rings. The molecule has 0 amide bonds. The van der Waals surface area contributed by atoms with Gasteiger partial charge in [0.25, 0.3) is 0 Å². The molecule has 0 spiro atoms. The number of ether oxygens (including phenoxy) is 1. The highest BCUT2D eigenvalue weighted by molar-refractivity contribution is 5.25. The molecule has 0 aromatic heterocycles. The molecule has 1 aromatic carbocycles. The Hall–Kier alpha value is -0.900. The Kier molecular flexibility index (Phi) is 5.37. The van der Waals surface area contributed by atoms with Crippen LogP contribution in [0.3, 0.4) is 0 Å². The average molecular weight is 262 g/mol. The number of rotatable bonds is 5. The quantitative estimate of drug-likeness (QED) is 0.881. The van der Waals surface area contributed by atoms with Gasteiger partial charge in [0.15, 0.2) is 0 Å². The molecule has 0 bridgehead atoms. The first kappa shape index (κ1) is 14.5. The van der Waals surface area contributed by atoms with Crippen LogP contribution in [-0.4, -0.2) is 44.3 Å². The molecule has 1 N–H and O–H groups in total. The summed E-state index contributed by atoms with van der Waals surface area (Å²) in [6, 6.07) is 9.04. The molecule has 1 aliphatic heterocycles. The Balaban J connectivity index is 2.06. The Bertz CT molecular complexity index is 375. The van der Waals surface area contributed by atoms with Gasteiger partial charge < -0.3 is 10.1 Å². The zero-order chi connectivity index (χ0) is 13.7. The summed E-state index contributed by atoms with van der Waals surface area (Å²) in [6.07, 6.45) is 1.45. The molecule has 1 heterocycles. The van der Waals surface area contributed by atoms with Gasteiger partial charge in [0.1, 0.15) is 0 Å². The van der Waals surface area contributed by atoms with Gasteiger partial charge in [0, 0.05) is 13.1 Å². The molecule has 0 radical (unpaired) electrons. The highest BCUT2D eigenvalue weighted by atomic mass is 16.5. The fraction of sp³-hybridized carbons (Fsp3) is 0.625. The normalized spacial score (nSPS) is 22.4. The minimum atomic E-state index is 0.244. The third-order valence-electron chi connectivity index (χ3n) is 3.84. The van der Waals surface area contributed by atoms with Crippen molar-refractivity contribution in [2.45, 2.75) is 32.4 Å². The summed E-state index contributed by atoms with van der Waals surface area (Å²) < 4.78 is 5.99. The van der Waals surface area contributed by atoms with Crippen LogP contribution in [-0.2, 0) is 4.74 Å². The van der Waals surface area contributed by atoms with Gasteiger partial charge in [-0.25, -0.2) is 0 Å². The van der Waals surface area contributed by atoms with E-state index in [2.05, 4.69) is 48.3 Å². The summed E-state index contributed by atoms with van der Waals surface area (Å²) in [5, 5.41) is 3.42. The Labute approximate surface area is 116 Å². The molecule has 19 heavy (non-hydrogen) atoms. The lowest BCUT2D eigenvalue weighted by Crippen LogP contribution is -2.47. The molecule has 1 fully saturated rings. The van der Waals surface area contributed by atoms with Crippen LogP contribution >= 0.6 is 0 Å². The maximum atomic E-state index is 5.99. The summed E-state index contributed by atoms with van der Waals surface area (Å²) in [4.78, 5) is 2.51. The molecule has 3 nitrogen and oxygen atoms in total. The lowest BCUT2D eigenvalue weighted by Gasteiger charge is -2.37. The second kappa shape index (κ2) is 7.04. The second-order valence-electron chi connectivity index (χ2n) is 5.39. The molecule has 1 aromatic rings. The predicted molar refractivity (Wildman–Crippen MR) is 79.5 cm³/mol. The van der Waals surface area contributed by atoms with Gasteiger partial charge in [-0.3, -0.25) is 4.90 Å². The van der Waals surface area contributed by atoms with Crippen LogP contribution in [0.4, 0.5) is 0 Å². The molecule has 2 atom stereocenters. The number of morpholine rings is 1.